The molecule has 3 rings (SSSR count). The molecule has 0 aliphatic carbocycles. The van der Waals surface area contributed by atoms with E-state index in [9.17, 15) is 8.42 Å². The summed E-state index contributed by atoms with van der Waals surface area (Å²) in [5.41, 5.74) is 1.09. The largest absolute Gasteiger partial charge is 0.314 e. The second-order valence-electron chi connectivity index (χ2n) is 6.14. The smallest absolute Gasteiger partial charge is 0.214 e. The fraction of sp³-hybridized carbons (Fsp3) is 0.625. The fourth-order valence-electron chi connectivity index (χ4n) is 3.33. The van der Waals surface area contributed by atoms with Gasteiger partial charge < -0.3 is 5.32 Å². The standard InChI is InChI=1S/C16H25N3O2S.ClH/c20-22(21,13-7-15-4-2-1-3-5-15)19-10-6-16(14-19)18-11-8-17-9-12-18;/h1-5,16-17H,6-14H2;1H. The third-order valence-corrected chi connectivity index (χ3v) is 6.52. The maximum atomic E-state index is 12.5. The van der Waals surface area contributed by atoms with Crippen LogP contribution in [0.15, 0.2) is 30.3 Å². The number of aryl methyl sites for hydroxylation is 1. The third kappa shape index (κ3) is 4.90. The van der Waals surface area contributed by atoms with Crippen LogP contribution in [0.1, 0.15) is 12.0 Å². The van der Waals surface area contributed by atoms with Crippen LogP contribution in [0.25, 0.3) is 0 Å². The predicted octanol–water partition coefficient (Wildman–Crippen LogP) is 0.960. The van der Waals surface area contributed by atoms with E-state index in [1.54, 1.807) is 4.31 Å². The van der Waals surface area contributed by atoms with E-state index in [2.05, 4.69) is 10.2 Å². The molecule has 1 N–H and O–H groups in total. The Morgan fingerprint density at radius 3 is 2.48 bits per heavy atom. The Morgan fingerprint density at radius 1 is 1.09 bits per heavy atom. The van der Waals surface area contributed by atoms with Crippen molar-refractivity contribution >= 4 is 22.4 Å². The van der Waals surface area contributed by atoms with E-state index < -0.39 is 10.0 Å². The Hall–Kier alpha value is -0.660. The van der Waals surface area contributed by atoms with Gasteiger partial charge in [0.15, 0.2) is 0 Å². The lowest BCUT2D eigenvalue weighted by molar-refractivity contribution is 0.179. The van der Waals surface area contributed by atoms with Crippen LogP contribution in [0.4, 0.5) is 0 Å². The second kappa shape index (κ2) is 8.44. The van der Waals surface area contributed by atoms with Crippen molar-refractivity contribution in [2.45, 2.75) is 18.9 Å². The van der Waals surface area contributed by atoms with Gasteiger partial charge in [-0.1, -0.05) is 30.3 Å². The lowest BCUT2D eigenvalue weighted by Crippen LogP contribution is -2.49. The summed E-state index contributed by atoms with van der Waals surface area (Å²) in [7, 11) is -3.14. The van der Waals surface area contributed by atoms with Crippen LogP contribution >= 0.6 is 12.4 Å². The Kier molecular flexibility index (Phi) is 6.85. The highest BCUT2D eigenvalue weighted by Gasteiger charge is 2.34. The summed E-state index contributed by atoms with van der Waals surface area (Å²) in [6.45, 7) is 5.42. The Balaban J connectivity index is 0.00000192. The zero-order valence-corrected chi connectivity index (χ0v) is 15.0. The van der Waals surface area contributed by atoms with Crippen LogP contribution in [-0.2, 0) is 16.4 Å². The maximum Gasteiger partial charge on any atom is 0.214 e. The van der Waals surface area contributed by atoms with Crippen molar-refractivity contribution in [3.8, 4) is 0 Å². The molecule has 0 amide bonds. The summed E-state index contributed by atoms with van der Waals surface area (Å²) < 4.78 is 26.8. The minimum atomic E-state index is -3.14. The van der Waals surface area contributed by atoms with Gasteiger partial charge in [0.25, 0.3) is 0 Å². The first-order chi connectivity index (χ1) is 10.6. The lowest BCUT2D eigenvalue weighted by Gasteiger charge is -2.32. The number of hydrogen-bond acceptors (Lipinski definition) is 4. The molecule has 0 radical (unpaired) electrons. The van der Waals surface area contributed by atoms with Crippen molar-refractivity contribution < 1.29 is 8.42 Å². The average molecular weight is 360 g/mol. The Labute approximate surface area is 145 Å². The van der Waals surface area contributed by atoms with Gasteiger partial charge in [-0.25, -0.2) is 12.7 Å². The molecule has 130 valence electrons. The summed E-state index contributed by atoms with van der Waals surface area (Å²) in [6, 6.07) is 10.2. The highest BCUT2D eigenvalue weighted by atomic mass is 35.5. The summed E-state index contributed by atoms with van der Waals surface area (Å²) in [5, 5.41) is 3.34. The lowest BCUT2D eigenvalue weighted by atomic mass is 10.2. The normalized spacial score (nSPS) is 23.6. The molecule has 1 aromatic carbocycles. The predicted molar refractivity (Wildman–Crippen MR) is 95.6 cm³/mol. The number of halogens is 1. The van der Waals surface area contributed by atoms with E-state index in [4.69, 9.17) is 0 Å². The zero-order valence-electron chi connectivity index (χ0n) is 13.4. The van der Waals surface area contributed by atoms with Gasteiger partial charge in [0.1, 0.15) is 0 Å². The van der Waals surface area contributed by atoms with E-state index in [-0.39, 0.29) is 18.2 Å². The van der Waals surface area contributed by atoms with E-state index >= 15 is 0 Å². The summed E-state index contributed by atoms with van der Waals surface area (Å²) in [6.07, 6.45) is 1.56. The van der Waals surface area contributed by atoms with Gasteiger partial charge in [0.2, 0.25) is 10.0 Å². The van der Waals surface area contributed by atoms with Crippen LogP contribution in [0, 0.1) is 0 Å². The van der Waals surface area contributed by atoms with E-state index in [0.29, 0.717) is 25.6 Å². The number of hydrogen-bond donors (Lipinski definition) is 1. The molecule has 0 aromatic heterocycles. The van der Waals surface area contributed by atoms with Crippen molar-refractivity contribution in [3.05, 3.63) is 35.9 Å². The number of rotatable bonds is 5. The van der Waals surface area contributed by atoms with E-state index in [1.165, 1.54) is 0 Å². The van der Waals surface area contributed by atoms with Gasteiger partial charge >= 0.3 is 0 Å². The minimum Gasteiger partial charge on any atom is -0.314 e. The monoisotopic (exact) mass is 359 g/mol. The van der Waals surface area contributed by atoms with Gasteiger partial charge in [-0.15, -0.1) is 12.4 Å². The molecule has 2 aliphatic heterocycles. The van der Waals surface area contributed by atoms with Crippen LogP contribution in [0.3, 0.4) is 0 Å². The van der Waals surface area contributed by atoms with Crippen LogP contribution < -0.4 is 5.32 Å². The number of piperazine rings is 1. The quantitative estimate of drug-likeness (QED) is 0.850. The molecule has 0 spiro atoms. The van der Waals surface area contributed by atoms with Gasteiger partial charge in [0, 0.05) is 45.3 Å². The summed E-state index contributed by atoms with van der Waals surface area (Å²) in [5.74, 6) is 0.214. The zero-order chi connectivity index (χ0) is 15.4. The van der Waals surface area contributed by atoms with Gasteiger partial charge in [-0.05, 0) is 18.4 Å². The molecule has 0 bridgehead atoms. The van der Waals surface area contributed by atoms with E-state index in [1.807, 2.05) is 30.3 Å². The molecule has 7 heteroatoms. The molecule has 0 saturated carbocycles. The molecular weight excluding hydrogens is 334 g/mol. The Bertz CT molecular complexity index is 576. The number of benzene rings is 1. The topological polar surface area (TPSA) is 52.7 Å². The fourth-order valence-corrected chi connectivity index (χ4v) is 4.86. The molecule has 2 saturated heterocycles. The molecule has 1 unspecified atom stereocenters. The molecule has 23 heavy (non-hydrogen) atoms. The van der Waals surface area contributed by atoms with E-state index in [0.717, 1.165) is 38.2 Å². The van der Waals surface area contributed by atoms with Gasteiger partial charge in [-0.3, -0.25) is 4.90 Å². The first-order valence-electron chi connectivity index (χ1n) is 8.12. The van der Waals surface area contributed by atoms with Crippen molar-refractivity contribution in [3.63, 3.8) is 0 Å². The first-order valence-corrected chi connectivity index (χ1v) is 9.72. The van der Waals surface area contributed by atoms with Gasteiger partial charge in [-0.2, -0.15) is 0 Å². The summed E-state index contributed by atoms with van der Waals surface area (Å²) in [4.78, 5) is 2.43. The first kappa shape index (κ1) is 18.7. The SMILES string of the molecule is Cl.O=S(=O)(CCc1ccccc1)N1CCC(N2CCNCC2)C1. The van der Waals surface area contributed by atoms with Crippen molar-refractivity contribution in [1.29, 1.82) is 0 Å². The van der Waals surface area contributed by atoms with Crippen molar-refractivity contribution in [2.24, 2.45) is 0 Å². The summed E-state index contributed by atoms with van der Waals surface area (Å²) >= 11 is 0. The molecule has 5 nitrogen and oxygen atoms in total. The molecule has 2 heterocycles. The van der Waals surface area contributed by atoms with Crippen molar-refractivity contribution in [2.75, 3.05) is 45.0 Å². The maximum absolute atomic E-state index is 12.5. The highest BCUT2D eigenvalue weighted by Crippen LogP contribution is 2.20. The average Bonchev–Trinajstić information content (AvgIpc) is 3.06. The molecule has 2 aliphatic rings. The second-order valence-corrected chi connectivity index (χ2v) is 8.23. The van der Waals surface area contributed by atoms with Gasteiger partial charge in [0.05, 0.1) is 5.75 Å². The molecular formula is C16H26ClN3O2S. The highest BCUT2D eigenvalue weighted by molar-refractivity contribution is 7.89. The number of sulfonamides is 1. The van der Waals surface area contributed by atoms with Crippen molar-refractivity contribution in [1.82, 2.24) is 14.5 Å². The van der Waals surface area contributed by atoms with Crippen LogP contribution in [0.5, 0.6) is 0 Å². The van der Waals surface area contributed by atoms with Crippen LogP contribution in [0.2, 0.25) is 0 Å². The van der Waals surface area contributed by atoms with Crippen LogP contribution in [-0.4, -0.2) is 68.7 Å². The molecule has 1 aromatic rings. The molecule has 1 atom stereocenters. The number of nitrogens with one attached hydrogen (secondary N) is 1. The Morgan fingerprint density at radius 2 is 1.78 bits per heavy atom. The number of nitrogens with zero attached hydrogens (tertiary/aromatic N) is 2. The third-order valence-electron chi connectivity index (χ3n) is 4.68. The molecule has 2 fully saturated rings. The minimum absolute atomic E-state index is 0.